The van der Waals surface area contributed by atoms with Crippen molar-refractivity contribution in [3.63, 3.8) is 0 Å². The Morgan fingerprint density at radius 2 is 1.61 bits per heavy atom. The number of ether oxygens (including phenoxy) is 1. The second-order valence-electron chi connectivity index (χ2n) is 11.9. The molecule has 0 aromatic heterocycles. The van der Waals surface area contributed by atoms with Crippen LogP contribution in [0.1, 0.15) is 90.9 Å². The quantitative estimate of drug-likeness (QED) is 0.487. The Balaban J connectivity index is 1.49. The van der Waals surface area contributed by atoms with Gasteiger partial charge in [0.05, 0.1) is 11.2 Å². The fourth-order valence-corrected chi connectivity index (χ4v) is 5.26. The first-order valence-electron chi connectivity index (χ1n) is 12.3. The molecule has 3 fully saturated rings. The minimum absolute atomic E-state index is 0.0626. The monoisotopic (exact) mass is 455 g/mol. The number of hydrogen-bond acceptors (Lipinski definition) is 5. The fourth-order valence-electron chi connectivity index (χ4n) is 5.26. The van der Waals surface area contributed by atoms with Crippen molar-refractivity contribution in [3.8, 4) is 0 Å². The summed E-state index contributed by atoms with van der Waals surface area (Å²) in [6, 6.07) is 7.79. The summed E-state index contributed by atoms with van der Waals surface area (Å²) in [5.41, 5.74) is 0.182. The van der Waals surface area contributed by atoms with Gasteiger partial charge in [0.1, 0.15) is 5.60 Å². The maximum absolute atomic E-state index is 13.5. The molecule has 0 spiro atoms. The number of benzene rings is 1. The molecule has 0 N–H and O–H groups in total. The smallest absolute Gasteiger partial charge is 0.444 e. The molecule has 0 aliphatic carbocycles. The minimum atomic E-state index is -0.522. The number of piperidine rings is 2. The number of rotatable bonds is 3. The van der Waals surface area contributed by atoms with Crippen LogP contribution >= 0.6 is 0 Å². The van der Waals surface area contributed by atoms with Crippen molar-refractivity contribution < 1.29 is 23.6 Å². The van der Waals surface area contributed by atoms with Crippen LogP contribution in [0.15, 0.2) is 24.3 Å². The van der Waals surface area contributed by atoms with Gasteiger partial charge in [-0.3, -0.25) is 4.79 Å². The van der Waals surface area contributed by atoms with Crippen LogP contribution in [0.3, 0.4) is 0 Å². The first-order valence-corrected chi connectivity index (χ1v) is 12.3. The summed E-state index contributed by atoms with van der Waals surface area (Å²) in [4.78, 5) is 28.3. The van der Waals surface area contributed by atoms with E-state index in [1.165, 1.54) is 0 Å². The number of carbonyl (C=O) groups excluding carboxylic acids is 2. The summed E-state index contributed by atoms with van der Waals surface area (Å²) in [6.45, 7) is 13.8. The molecule has 0 saturated carbocycles. The van der Waals surface area contributed by atoms with Gasteiger partial charge < -0.3 is 18.9 Å². The summed E-state index contributed by atoms with van der Waals surface area (Å²) >= 11 is 0. The van der Waals surface area contributed by atoms with E-state index in [4.69, 9.17) is 14.0 Å². The number of hydrogen-bond donors (Lipinski definition) is 0. The van der Waals surface area contributed by atoms with Gasteiger partial charge in [-0.05, 0) is 86.0 Å². The van der Waals surface area contributed by atoms with Crippen molar-refractivity contribution >= 4 is 24.5 Å². The van der Waals surface area contributed by atoms with Crippen molar-refractivity contribution in [2.24, 2.45) is 5.92 Å². The van der Waals surface area contributed by atoms with E-state index in [2.05, 4.69) is 0 Å². The maximum atomic E-state index is 13.5. The molecular formula is C26H38BNO5. The third-order valence-corrected chi connectivity index (χ3v) is 7.65. The number of ketones is 1. The van der Waals surface area contributed by atoms with E-state index < -0.39 is 23.9 Å². The standard InChI is InChI=1S/C26H38BNO5/c1-24(2,3)31-23(30)28-20-12-9-13-21(28)16-18(15-20)22(29)17-10-8-11-19(14-17)27-32-25(4,5)26(6,7)33-27/h8,10-11,14,18,20-21H,9,12-13,15-16H2,1-7H3. The molecule has 2 bridgehead atoms. The van der Waals surface area contributed by atoms with Gasteiger partial charge in [-0.25, -0.2) is 4.79 Å². The van der Waals surface area contributed by atoms with Crippen LogP contribution < -0.4 is 5.46 Å². The van der Waals surface area contributed by atoms with Gasteiger partial charge in [-0.15, -0.1) is 0 Å². The third-order valence-electron chi connectivity index (χ3n) is 7.65. The van der Waals surface area contributed by atoms with Crippen LogP contribution in [0.2, 0.25) is 0 Å². The molecule has 1 aromatic rings. The van der Waals surface area contributed by atoms with Crippen LogP contribution in [0.4, 0.5) is 4.79 Å². The highest BCUT2D eigenvalue weighted by atomic mass is 16.7. The second kappa shape index (κ2) is 8.42. The average Bonchev–Trinajstić information content (AvgIpc) is 2.92. The molecule has 7 heteroatoms. The van der Waals surface area contributed by atoms with E-state index in [0.717, 1.165) is 24.7 Å². The van der Waals surface area contributed by atoms with Gasteiger partial charge in [0.2, 0.25) is 0 Å². The average molecular weight is 455 g/mol. The first kappa shape index (κ1) is 24.3. The first-order chi connectivity index (χ1) is 15.3. The topological polar surface area (TPSA) is 65.1 Å². The van der Waals surface area contributed by atoms with Crippen LogP contribution in [-0.4, -0.2) is 52.8 Å². The van der Waals surface area contributed by atoms with Gasteiger partial charge in [-0.1, -0.05) is 24.3 Å². The molecular weight excluding hydrogens is 417 g/mol. The molecule has 180 valence electrons. The Morgan fingerprint density at radius 3 is 2.15 bits per heavy atom. The minimum Gasteiger partial charge on any atom is -0.444 e. The van der Waals surface area contributed by atoms with Gasteiger partial charge in [0.15, 0.2) is 5.78 Å². The number of nitrogens with zero attached hydrogens (tertiary/aromatic N) is 1. The molecule has 1 amide bonds. The summed E-state index contributed by atoms with van der Waals surface area (Å²) in [5.74, 6) is 0.0571. The number of Topliss-reactive ketones (excluding diaryl/α,β-unsaturated/α-hetero) is 1. The van der Waals surface area contributed by atoms with E-state index in [9.17, 15) is 9.59 Å². The Bertz CT molecular complexity index is 892. The number of fused-ring (bicyclic) bond motifs is 2. The molecule has 1 aromatic carbocycles. The Labute approximate surface area is 198 Å². The zero-order chi connectivity index (χ0) is 24.2. The van der Waals surface area contributed by atoms with Crippen LogP contribution in [0.25, 0.3) is 0 Å². The third kappa shape index (κ3) is 4.85. The van der Waals surface area contributed by atoms with Crippen molar-refractivity contribution in [2.45, 2.75) is 109 Å². The lowest BCUT2D eigenvalue weighted by Crippen LogP contribution is -2.56. The van der Waals surface area contributed by atoms with Crippen molar-refractivity contribution in [1.29, 1.82) is 0 Å². The Hall–Kier alpha value is -1.86. The normalized spacial score (nSPS) is 28.5. The molecule has 3 aliphatic rings. The van der Waals surface area contributed by atoms with Crippen LogP contribution in [0.5, 0.6) is 0 Å². The lowest BCUT2D eigenvalue weighted by Gasteiger charge is -2.48. The molecule has 3 heterocycles. The lowest BCUT2D eigenvalue weighted by molar-refractivity contribution is -0.0260. The summed E-state index contributed by atoms with van der Waals surface area (Å²) < 4.78 is 18.0. The highest BCUT2D eigenvalue weighted by molar-refractivity contribution is 6.62. The largest absolute Gasteiger partial charge is 0.494 e. The van der Waals surface area contributed by atoms with E-state index in [-0.39, 0.29) is 29.9 Å². The molecule has 0 radical (unpaired) electrons. The van der Waals surface area contributed by atoms with E-state index in [1.54, 1.807) is 0 Å². The Kier molecular flexibility index (Phi) is 6.19. The van der Waals surface area contributed by atoms with Crippen LogP contribution in [-0.2, 0) is 14.0 Å². The summed E-state index contributed by atoms with van der Waals surface area (Å²) in [6.07, 6.45) is 4.07. The highest BCUT2D eigenvalue weighted by Gasteiger charge is 2.52. The van der Waals surface area contributed by atoms with E-state index in [0.29, 0.717) is 18.4 Å². The van der Waals surface area contributed by atoms with Gasteiger partial charge >= 0.3 is 13.2 Å². The molecule has 6 nitrogen and oxygen atoms in total. The predicted octanol–water partition coefficient (Wildman–Crippen LogP) is 4.74. The van der Waals surface area contributed by atoms with E-state index >= 15 is 0 Å². The molecule has 2 unspecified atom stereocenters. The number of carbonyl (C=O) groups is 2. The predicted molar refractivity (Wildman–Crippen MR) is 129 cm³/mol. The summed E-state index contributed by atoms with van der Waals surface area (Å²) in [7, 11) is -0.490. The van der Waals surface area contributed by atoms with Gasteiger partial charge in [-0.2, -0.15) is 0 Å². The molecule has 3 aliphatic heterocycles. The number of amides is 1. The fraction of sp³-hybridized carbons (Fsp3) is 0.692. The SMILES string of the molecule is CC(C)(C)OC(=O)N1C2CCCC1CC(C(=O)c1cccc(B3OC(C)(C)C(C)(C)O3)c1)C2. The van der Waals surface area contributed by atoms with Crippen molar-refractivity contribution in [1.82, 2.24) is 4.90 Å². The molecule has 33 heavy (non-hydrogen) atoms. The van der Waals surface area contributed by atoms with Crippen LogP contribution in [0, 0.1) is 5.92 Å². The summed E-state index contributed by atoms with van der Waals surface area (Å²) in [5, 5.41) is 0. The molecule has 4 rings (SSSR count). The molecule has 3 saturated heterocycles. The lowest BCUT2D eigenvalue weighted by atomic mass is 9.74. The van der Waals surface area contributed by atoms with E-state index in [1.807, 2.05) is 77.6 Å². The second-order valence-corrected chi connectivity index (χ2v) is 11.9. The Morgan fingerprint density at radius 1 is 1.03 bits per heavy atom. The van der Waals surface area contributed by atoms with Gasteiger partial charge in [0.25, 0.3) is 0 Å². The van der Waals surface area contributed by atoms with Gasteiger partial charge in [0, 0.05) is 23.6 Å². The van der Waals surface area contributed by atoms with Crippen molar-refractivity contribution in [2.75, 3.05) is 0 Å². The molecule has 2 atom stereocenters. The highest BCUT2D eigenvalue weighted by Crippen LogP contribution is 2.40. The zero-order valence-corrected chi connectivity index (χ0v) is 21.1. The zero-order valence-electron chi connectivity index (χ0n) is 21.1. The maximum Gasteiger partial charge on any atom is 0.494 e. The van der Waals surface area contributed by atoms with Crippen molar-refractivity contribution in [3.05, 3.63) is 29.8 Å².